The summed E-state index contributed by atoms with van der Waals surface area (Å²) in [7, 11) is 0. The van der Waals surface area contributed by atoms with Crippen molar-refractivity contribution in [1.29, 1.82) is 0 Å². The molecule has 4 heteroatoms. The van der Waals surface area contributed by atoms with Gasteiger partial charge < -0.3 is 10.7 Å². The summed E-state index contributed by atoms with van der Waals surface area (Å²) in [4.78, 5) is 5.84. The van der Waals surface area contributed by atoms with Gasteiger partial charge in [-0.15, -0.1) is 0 Å². The van der Waals surface area contributed by atoms with E-state index in [4.69, 9.17) is 17.3 Å². The maximum absolute atomic E-state index is 6.03. The van der Waals surface area contributed by atoms with Crippen LogP contribution in [0.15, 0.2) is 24.4 Å². The van der Waals surface area contributed by atoms with Crippen LogP contribution in [-0.4, -0.2) is 29.5 Å². The molecule has 108 valence electrons. The molecule has 3 nitrogen and oxygen atoms in total. The summed E-state index contributed by atoms with van der Waals surface area (Å²) >= 11 is 6.03. The van der Waals surface area contributed by atoms with Gasteiger partial charge in [-0.1, -0.05) is 24.6 Å². The van der Waals surface area contributed by atoms with E-state index in [-0.39, 0.29) is 0 Å². The molecule has 0 spiro atoms. The van der Waals surface area contributed by atoms with Gasteiger partial charge in [0.25, 0.3) is 0 Å². The second-order valence-corrected chi connectivity index (χ2v) is 6.44. The minimum Gasteiger partial charge on any atom is -0.361 e. The molecule has 2 unspecified atom stereocenters. The van der Waals surface area contributed by atoms with E-state index in [1.54, 1.807) is 0 Å². The average Bonchev–Trinajstić information content (AvgIpc) is 2.83. The van der Waals surface area contributed by atoms with E-state index in [9.17, 15) is 0 Å². The van der Waals surface area contributed by atoms with Gasteiger partial charge >= 0.3 is 0 Å². The van der Waals surface area contributed by atoms with Crippen molar-refractivity contribution in [2.24, 2.45) is 17.6 Å². The van der Waals surface area contributed by atoms with Gasteiger partial charge in [0.2, 0.25) is 0 Å². The number of fused-ring (bicyclic) bond motifs is 1. The predicted octanol–water partition coefficient (Wildman–Crippen LogP) is 3.24. The lowest BCUT2D eigenvalue weighted by Gasteiger charge is -2.36. The number of hydrogen-bond donors (Lipinski definition) is 2. The van der Waals surface area contributed by atoms with Crippen molar-refractivity contribution in [3.63, 3.8) is 0 Å². The van der Waals surface area contributed by atoms with Crippen LogP contribution in [0.5, 0.6) is 0 Å². The number of aromatic nitrogens is 1. The average molecular weight is 292 g/mol. The van der Waals surface area contributed by atoms with Crippen molar-refractivity contribution >= 4 is 22.5 Å². The Morgan fingerprint density at radius 1 is 1.45 bits per heavy atom. The number of nitrogens with one attached hydrogen (secondary N) is 1. The summed E-state index contributed by atoms with van der Waals surface area (Å²) in [6.07, 6.45) is 3.35. The van der Waals surface area contributed by atoms with Crippen LogP contribution in [0.25, 0.3) is 10.9 Å². The van der Waals surface area contributed by atoms with Gasteiger partial charge in [0.1, 0.15) is 0 Å². The molecule has 20 heavy (non-hydrogen) atoms. The third kappa shape index (κ3) is 2.71. The number of rotatable bonds is 3. The molecule has 0 aliphatic carbocycles. The van der Waals surface area contributed by atoms with Gasteiger partial charge in [0.05, 0.1) is 0 Å². The van der Waals surface area contributed by atoms with Gasteiger partial charge in [-0.05, 0) is 49.0 Å². The molecule has 0 radical (unpaired) electrons. The Morgan fingerprint density at radius 3 is 3.10 bits per heavy atom. The van der Waals surface area contributed by atoms with E-state index in [0.29, 0.717) is 5.92 Å². The molecule has 1 aromatic heterocycles. The van der Waals surface area contributed by atoms with Crippen LogP contribution in [-0.2, 0) is 6.54 Å². The zero-order valence-electron chi connectivity index (χ0n) is 11.9. The smallest absolute Gasteiger partial charge is 0.0472 e. The standard InChI is InChI=1S/C16H22ClN3/c1-11-4-5-20(9-12(11)7-18)10-13-8-19-16-6-14(17)2-3-15(13)16/h2-3,6,8,11-12,19H,4-5,7,9-10,18H2,1H3. The molecule has 2 heterocycles. The highest BCUT2D eigenvalue weighted by Gasteiger charge is 2.25. The summed E-state index contributed by atoms with van der Waals surface area (Å²) < 4.78 is 0. The highest BCUT2D eigenvalue weighted by atomic mass is 35.5. The van der Waals surface area contributed by atoms with Crippen LogP contribution in [0.3, 0.4) is 0 Å². The fourth-order valence-corrected chi connectivity index (χ4v) is 3.38. The Hall–Kier alpha value is -1.03. The van der Waals surface area contributed by atoms with E-state index < -0.39 is 0 Å². The second-order valence-electron chi connectivity index (χ2n) is 6.00. The topological polar surface area (TPSA) is 45.0 Å². The maximum Gasteiger partial charge on any atom is 0.0472 e. The number of nitrogens with zero attached hydrogens (tertiary/aromatic N) is 1. The van der Waals surface area contributed by atoms with Crippen molar-refractivity contribution in [1.82, 2.24) is 9.88 Å². The van der Waals surface area contributed by atoms with Gasteiger partial charge in [0.15, 0.2) is 0 Å². The molecule has 0 amide bonds. The lowest BCUT2D eigenvalue weighted by atomic mass is 9.87. The third-order valence-electron chi connectivity index (χ3n) is 4.62. The lowest BCUT2D eigenvalue weighted by molar-refractivity contribution is 0.126. The predicted molar refractivity (Wildman–Crippen MR) is 84.9 cm³/mol. The fraction of sp³-hybridized carbons (Fsp3) is 0.500. The van der Waals surface area contributed by atoms with Crippen molar-refractivity contribution in [2.45, 2.75) is 19.9 Å². The Bertz CT molecular complexity index is 592. The van der Waals surface area contributed by atoms with Crippen LogP contribution in [0.4, 0.5) is 0 Å². The summed E-state index contributed by atoms with van der Waals surface area (Å²) in [5.74, 6) is 1.38. The van der Waals surface area contributed by atoms with Crippen molar-refractivity contribution in [3.8, 4) is 0 Å². The zero-order chi connectivity index (χ0) is 14.1. The number of halogens is 1. The quantitative estimate of drug-likeness (QED) is 0.912. The van der Waals surface area contributed by atoms with Crippen molar-refractivity contribution in [2.75, 3.05) is 19.6 Å². The molecule has 1 saturated heterocycles. The molecule has 1 aromatic carbocycles. The molecule has 3 rings (SSSR count). The Kier molecular flexibility index (Phi) is 4.01. The van der Waals surface area contributed by atoms with Gasteiger partial charge in [-0.2, -0.15) is 0 Å². The first kappa shape index (κ1) is 13.9. The first-order valence-corrected chi connectivity index (χ1v) is 7.73. The molecule has 2 aromatic rings. The summed E-state index contributed by atoms with van der Waals surface area (Å²) in [6, 6.07) is 6.06. The molecule has 1 aliphatic heterocycles. The van der Waals surface area contributed by atoms with Crippen molar-refractivity contribution < 1.29 is 0 Å². The minimum absolute atomic E-state index is 0.628. The Balaban J connectivity index is 1.76. The Morgan fingerprint density at radius 2 is 2.30 bits per heavy atom. The number of piperidine rings is 1. The summed E-state index contributed by atoms with van der Waals surface area (Å²) in [6.45, 7) is 6.38. The molecule has 0 bridgehead atoms. The maximum atomic E-state index is 6.03. The zero-order valence-corrected chi connectivity index (χ0v) is 12.7. The van der Waals surface area contributed by atoms with Gasteiger partial charge in [-0.3, -0.25) is 4.90 Å². The van der Waals surface area contributed by atoms with Crippen LogP contribution in [0, 0.1) is 11.8 Å². The second kappa shape index (κ2) is 5.76. The van der Waals surface area contributed by atoms with Crippen LogP contribution in [0.1, 0.15) is 18.9 Å². The number of aromatic amines is 1. The largest absolute Gasteiger partial charge is 0.361 e. The van der Waals surface area contributed by atoms with E-state index in [1.165, 1.54) is 17.4 Å². The molecule has 2 atom stereocenters. The number of nitrogens with two attached hydrogens (primary N) is 1. The number of likely N-dealkylation sites (tertiary alicyclic amines) is 1. The number of hydrogen-bond acceptors (Lipinski definition) is 2. The number of H-pyrrole nitrogens is 1. The summed E-state index contributed by atoms with van der Waals surface area (Å²) in [5.41, 5.74) is 8.36. The SMILES string of the molecule is CC1CCN(Cc2c[nH]c3cc(Cl)ccc23)CC1CN. The molecular weight excluding hydrogens is 270 g/mol. The third-order valence-corrected chi connectivity index (χ3v) is 4.86. The van der Waals surface area contributed by atoms with E-state index in [2.05, 4.69) is 29.1 Å². The first-order chi connectivity index (χ1) is 9.67. The van der Waals surface area contributed by atoms with Crippen LogP contribution >= 0.6 is 11.6 Å². The molecule has 1 fully saturated rings. The lowest BCUT2D eigenvalue weighted by Crippen LogP contribution is -2.42. The van der Waals surface area contributed by atoms with E-state index in [0.717, 1.165) is 42.6 Å². The highest BCUT2D eigenvalue weighted by Crippen LogP contribution is 2.27. The number of benzene rings is 1. The monoisotopic (exact) mass is 291 g/mol. The molecular formula is C16H22ClN3. The Labute approximate surface area is 125 Å². The van der Waals surface area contributed by atoms with Crippen LogP contribution < -0.4 is 5.73 Å². The highest BCUT2D eigenvalue weighted by molar-refractivity contribution is 6.31. The minimum atomic E-state index is 0.628. The van der Waals surface area contributed by atoms with Gasteiger partial charge in [-0.25, -0.2) is 0 Å². The van der Waals surface area contributed by atoms with Crippen LogP contribution in [0.2, 0.25) is 5.02 Å². The fourth-order valence-electron chi connectivity index (χ4n) is 3.21. The molecule has 3 N–H and O–H groups in total. The normalized spacial score (nSPS) is 24.4. The first-order valence-electron chi connectivity index (χ1n) is 7.35. The molecule has 0 saturated carbocycles. The molecule has 1 aliphatic rings. The summed E-state index contributed by atoms with van der Waals surface area (Å²) in [5, 5.41) is 2.05. The van der Waals surface area contributed by atoms with Gasteiger partial charge in [0, 0.05) is 35.2 Å². The van der Waals surface area contributed by atoms with E-state index in [1.807, 2.05) is 12.1 Å². The van der Waals surface area contributed by atoms with Crippen molar-refractivity contribution in [3.05, 3.63) is 35.0 Å². The van der Waals surface area contributed by atoms with E-state index >= 15 is 0 Å².